The number of aromatic nitrogens is 2. The van der Waals surface area contributed by atoms with Gasteiger partial charge >= 0.3 is 12.1 Å². The molecular weight excluding hydrogens is 642 g/mol. The number of benzene rings is 1. The van der Waals surface area contributed by atoms with Crippen LogP contribution in [0, 0.1) is 0 Å². The van der Waals surface area contributed by atoms with Gasteiger partial charge in [0, 0.05) is 29.5 Å². The zero-order valence-corrected chi connectivity index (χ0v) is 26.9. The number of hydrogen-bond donors (Lipinski definition) is 4. The molecule has 0 bridgehead atoms. The van der Waals surface area contributed by atoms with Crippen LogP contribution in [0.15, 0.2) is 53.5 Å². The van der Waals surface area contributed by atoms with Crippen molar-refractivity contribution in [2.24, 2.45) is 5.73 Å². The van der Waals surface area contributed by atoms with Crippen molar-refractivity contribution in [2.45, 2.75) is 75.6 Å². The Labute approximate surface area is 280 Å². The molecule has 0 spiro atoms. The third kappa shape index (κ3) is 6.52. The van der Waals surface area contributed by atoms with E-state index in [0.29, 0.717) is 35.5 Å². The number of rotatable bonds is 12. The molecule has 6 atom stereocenters. The van der Waals surface area contributed by atoms with Crippen LogP contribution in [0.1, 0.15) is 42.9 Å². The summed E-state index contributed by atoms with van der Waals surface area (Å²) in [5.74, 6) is -0.290. The smallest absolute Gasteiger partial charge is 0.404 e. The van der Waals surface area contributed by atoms with E-state index in [1.54, 1.807) is 4.57 Å². The lowest BCUT2D eigenvalue weighted by atomic mass is 9.84. The molecule has 1 saturated heterocycles. The van der Waals surface area contributed by atoms with Crippen LogP contribution in [-0.2, 0) is 52.0 Å². The first-order valence-corrected chi connectivity index (χ1v) is 16.1. The number of aliphatic hydroxyl groups is 3. The number of ether oxygens (including phenoxy) is 6. The molecule has 1 amide bonds. The third-order valence-corrected chi connectivity index (χ3v) is 9.09. The fourth-order valence-electron chi connectivity index (χ4n) is 6.57. The van der Waals surface area contributed by atoms with Gasteiger partial charge in [0.05, 0.1) is 48.8 Å². The van der Waals surface area contributed by atoms with Gasteiger partial charge in [0.1, 0.15) is 30.7 Å². The van der Waals surface area contributed by atoms with Crippen LogP contribution in [-0.4, -0.2) is 94.1 Å². The molecule has 0 aliphatic carbocycles. The van der Waals surface area contributed by atoms with E-state index in [0.717, 1.165) is 16.5 Å². The number of amides is 1. The highest BCUT2D eigenvalue weighted by molar-refractivity contribution is 5.84. The van der Waals surface area contributed by atoms with Crippen LogP contribution in [0.4, 0.5) is 4.79 Å². The van der Waals surface area contributed by atoms with Crippen LogP contribution >= 0.6 is 0 Å². The number of esters is 1. The number of fused-ring (bicyclic) bond motifs is 5. The van der Waals surface area contributed by atoms with Crippen molar-refractivity contribution in [3.8, 4) is 11.4 Å². The molecule has 1 aromatic carbocycles. The molecule has 5 N–H and O–H groups in total. The van der Waals surface area contributed by atoms with Crippen LogP contribution in [0.25, 0.3) is 22.3 Å². The van der Waals surface area contributed by atoms with E-state index in [4.69, 9.17) is 39.1 Å². The van der Waals surface area contributed by atoms with Gasteiger partial charge in [0.25, 0.3) is 5.56 Å². The Balaban J connectivity index is 1.06. The van der Waals surface area contributed by atoms with E-state index in [1.807, 2.05) is 43.3 Å². The van der Waals surface area contributed by atoms with Gasteiger partial charge in [-0.3, -0.25) is 9.59 Å². The highest BCUT2D eigenvalue weighted by Gasteiger charge is 2.48. The Hall–Kier alpha value is -4.38. The van der Waals surface area contributed by atoms with Crippen LogP contribution in [0.5, 0.6) is 0 Å². The number of aliphatic hydroxyl groups excluding tert-OH is 3. The predicted molar refractivity (Wildman–Crippen MR) is 171 cm³/mol. The highest BCUT2D eigenvalue weighted by atomic mass is 16.7. The minimum atomic E-state index is -1.57. The molecule has 3 aromatic rings. The van der Waals surface area contributed by atoms with E-state index in [1.165, 1.54) is 0 Å². The molecule has 1 fully saturated rings. The third-order valence-electron chi connectivity index (χ3n) is 9.09. The molecule has 3 aliphatic heterocycles. The van der Waals surface area contributed by atoms with Gasteiger partial charge in [-0.15, -0.1) is 0 Å². The molecule has 15 heteroatoms. The summed E-state index contributed by atoms with van der Waals surface area (Å²) in [5.41, 5.74) is 7.47. The topological polar surface area (TPSA) is 211 Å². The lowest BCUT2D eigenvalue weighted by Crippen LogP contribution is -2.60. The fraction of sp³-hybridized carbons (Fsp3) is 0.471. The maximum atomic E-state index is 13.8. The van der Waals surface area contributed by atoms with Crippen LogP contribution < -0.4 is 11.3 Å². The van der Waals surface area contributed by atoms with Crippen molar-refractivity contribution >= 4 is 23.0 Å². The number of primary amides is 1. The van der Waals surface area contributed by atoms with Gasteiger partial charge in [-0.1, -0.05) is 31.7 Å². The van der Waals surface area contributed by atoms with E-state index in [9.17, 15) is 29.7 Å². The van der Waals surface area contributed by atoms with Crippen LogP contribution in [0.2, 0.25) is 0 Å². The van der Waals surface area contributed by atoms with Crippen molar-refractivity contribution in [2.75, 3.05) is 26.4 Å². The Bertz CT molecular complexity index is 1810. The first-order chi connectivity index (χ1) is 23.6. The van der Waals surface area contributed by atoms with Gasteiger partial charge in [0.15, 0.2) is 18.0 Å². The Morgan fingerprint density at radius 3 is 2.71 bits per heavy atom. The van der Waals surface area contributed by atoms with Gasteiger partial charge < -0.3 is 54.0 Å². The Kier molecular flexibility index (Phi) is 10.0. The Morgan fingerprint density at radius 1 is 1.16 bits per heavy atom. The standard InChI is InChI=1S/C34H39N3O12/c1-3-34(49-26(39)9-6-10-44-11-12-45-32-29(41)30(48-33(35)43)28(40)25(16-38)47-32)18(2)46-17-21-22(34)14-24-27-20(15-37(24)31(21)42)13-19-7-4-5-8-23(19)36-27/h4-5,7-8,13-14,25,28-30,32,38,40-41H,2-3,6,9-12,15-17H2,1H3,(H2,35,43)/t25-,28-,29+,30+,32+,34-/m1/s1. The summed E-state index contributed by atoms with van der Waals surface area (Å²) in [6, 6.07) is 11.7. The number of nitrogens with two attached hydrogens (primary N) is 1. The Morgan fingerprint density at radius 2 is 1.96 bits per heavy atom. The molecule has 2 aromatic heterocycles. The van der Waals surface area contributed by atoms with Crippen molar-refractivity contribution in [3.05, 3.63) is 75.8 Å². The molecular formula is C34H39N3O12. The zero-order valence-electron chi connectivity index (χ0n) is 26.9. The summed E-state index contributed by atoms with van der Waals surface area (Å²) in [6.45, 7) is 5.81. The second kappa shape index (κ2) is 14.2. The van der Waals surface area contributed by atoms with Gasteiger partial charge in [-0.2, -0.15) is 0 Å². The first-order valence-electron chi connectivity index (χ1n) is 16.1. The summed E-state index contributed by atoms with van der Waals surface area (Å²) in [4.78, 5) is 43.0. The van der Waals surface area contributed by atoms with Gasteiger partial charge in [0.2, 0.25) is 0 Å². The predicted octanol–water partition coefficient (Wildman–Crippen LogP) is 1.33. The van der Waals surface area contributed by atoms with Gasteiger partial charge in [-0.05, 0) is 31.0 Å². The number of hydrogen-bond acceptors (Lipinski definition) is 13. The fourth-order valence-corrected chi connectivity index (χ4v) is 6.57. The SMILES string of the molecule is C=C1OCc2c(cc3n(c2=O)Cc2cc4ccccc4nc2-3)[C@]1(CC)OC(=O)CCCOCCO[C@H]1O[C@H](CO)[C@@H](O)[C@H](OC(N)=O)[C@@H]1O. The molecule has 0 radical (unpaired) electrons. The monoisotopic (exact) mass is 681 g/mol. The lowest BCUT2D eigenvalue weighted by Gasteiger charge is -2.40. The molecule has 6 rings (SSSR count). The van der Waals surface area contributed by atoms with Crippen molar-refractivity contribution < 1.29 is 53.3 Å². The first kappa shape index (κ1) is 34.5. The molecule has 49 heavy (non-hydrogen) atoms. The molecule has 3 aliphatic rings. The lowest BCUT2D eigenvalue weighted by molar-refractivity contribution is -0.301. The maximum Gasteiger partial charge on any atom is 0.404 e. The van der Waals surface area contributed by atoms with Crippen LogP contribution in [0.3, 0.4) is 0 Å². The minimum absolute atomic E-state index is 0.00181. The summed E-state index contributed by atoms with van der Waals surface area (Å²) in [6.07, 6.45) is -7.70. The number of pyridine rings is 2. The maximum absolute atomic E-state index is 13.8. The van der Waals surface area contributed by atoms with Gasteiger partial charge in [-0.25, -0.2) is 9.78 Å². The number of carbonyl (C=O) groups excluding carboxylic acids is 2. The highest BCUT2D eigenvalue weighted by Crippen LogP contribution is 2.44. The molecule has 0 saturated carbocycles. The second-order valence-electron chi connectivity index (χ2n) is 12.1. The summed E-state index contributed by atoms with van der Waals surface area (Å²) >= 11 is 0. The summed E-state index contributed by atoms with van der Waals surface area (Å²) in [5, 5.41) is 31.0. The average Bonchev–Trinajstić information content (AvgIpc) is 3.44. The van der Waals surface area contributed by atoms with E-state index in [-0.39, 0.29) is 50.6 Å². The normalized spacial score (nSPS) is 25.6. The van der Waals surface area contributed by atoms with Crippen molar-refractivity contribution in [3.63, 3.8) is 0 Å². The minimum Gasteiger partial charge on any atom is -0.489 e. The van der Waals surface area contributed by atoms with Crippen molar-refractivity contribution in [1.82, 2.24) is 9.55 Å². The summed E-state index contributed by atoms with van der Waals surface area (Å²) < 4.78 is 34.8. The van der Waals surface area contributed by atoms with Crippen molar-refractivity contribution in [1.29, 1.82) is 0 Å². The zero-order chi connectivity index (χ0) is 34.9. The number of carbonyl (C=O) groups is 2. The average molecular weight is 682 g/mol. The quantitative estimate of drug-likeness (QED) is 0.123. The molecule has 5 heterocycles. The largest absolute Gasteiger partial charge is 0.489 e. The molecule has 15 nitrogen and oxygen atoms in total. The molecule has 0 unspecified atom stereocenters. The summed E-state index contributed by atoms with van der Waals surface area (Å²) in [7, 11) is 0. The number of para-hydroxylation sites is 1. The van der Waals surface area contributed by atoms with E-state index < -0.39 is 55.0 Å². The molecule has 262 valence electrons. The van der Waals surface area contributed by atoms with E-state index >= 15 is 0 Å². The second-order valence-corrected chi connectivity index (χ2v) is 12.1. The van der Waals surface area contributed by atoms with E-state index in [2.05, 4.69) is 6.58 Å². The number of nitrogens with zero attached hydrogens (tertiary/aromatic N) is 2.